The average molecular weight is 389 g/mol. The van der Waals surface area contributed by atoms with E-state index in [0.717, 1.165) is 11.4 Å². The van der Waals surface area contributed by atoms with Gasteiger partial charge in [-0.15, -0.1) is 0 Å². The number of likely N-dealkylation sites (tertiary alicyclic amines) is 1. The molecule has 3 unspecified atom stereocenters. The number of halogens is 2. The van der Waals surface area contributed by atoms with Crippen LogP contribution in [0.25, 0.3) is 5.78 Å². The van der Waals surface area contributed by atoms with Crippen LogP contribution in [-0.4, -0.2) is 48.9 Å². The first kappa shape index (κ1) is 17.9. The van der Waals surface area contributed by atoms with Crippen molar-refractivity contribution in [2.45, 2.75) is 24.7 Å². The van der Waals surface area contributed by atoms with E-state index in [0.29, 0.717) is 17.9 Å². The summed E-state index contributed by atoms with van der Waals surface area (Å²) in [6.07, 6.45) is 1.63. The zero-order chi connectivity index (χ0) is 19.2. The van der Waals surface area contributed by atoms with Crippen molar-refractivity contribution < 1.29 is 13.6 Å². The van der Waals surface area contributed by atoms with Crippen LogP contribution in [-0.2, 0) is 0 Å². The van der Waals surface area contributed by atoms with E-state index in [2.05, 4.69) is 24.3 Å². The molecule has 0 aliphatic carbocycles. The first-order chi connectivity index (χ1) is 12.8. The monoisotopic (exact) mass is 389 g/mol. The molecule has 4 rings (SSSR count). The van der Waals surface area contributed by atoms with Crippen molar-refractivity contribution >= 4 is 20.9 Å². The van der Waals surface area contributed by atoms with E-state index in [1.54, 1.807) is 4.52 Å². The Balaban J connectivity index is 1.69. The number of carbonyl (C=O) groups excluding carboxylic acids is 1. The summed E-state index contributed by atoms with van der Waals surface area (Å²) >= 11 is 0. The average Bonchev–Trinajstić information content (AvgIpc) is 3.08. The Bertz CT molecular complexity index is 1000. The molecular formula is C18H18F2N5OP. The van der Waals surface area contributed by atoms with Crippen molar-refractivity contribution in [2.24, 2.45) is 0 Å². The molecule has 0 radical (unpaired) electrons. The molecule has 1 saturated heterocycles. The van der Waals surface area contributed by atoms with Gasteiger partial charge in [0.05, 0.1) is 12.2 Å². The number of hydrogen-bond acceptors (Lipinski definition) is 4. The van der Waals surface area contributed by atoms with Crippen molar-refractivity contribution in [3.8, 4) is 0 Å². The lowest BCUT2D eigenvalue weighted by Gasteiger charge is -2.40. The van der Waals surface area contributed by atoms with Crippen molar-refractivity contribution in [3.05, 3.63) is 59.4 Å². The summed E-state index contributed by atoms with van der Waals surface area (Å²) in [7, 11) is 2.22. The van der Waals surface area contributed by atoms with Crippen molar-refractivity contribution in [1.29, 1.82) is 0 Å². The summed E-state index contributed by atoms with van der Waals surface area (Å²) < 4.78 is 29.8. The number of aromatic nitrogens is 4. The Morgan fingerprint density at radius 3 is 2.81 bits per heavy atom. The highest BCUT2D eigenvalue weighted by molar-refractivity contribution is 7.18. The molecule has 0 bridgehead atoms. The van der Waals surface area contributed by atoms with E-state index in [1.807, 2.05) is 13.0 Å². The van der Waals surface area contributed by atoms with Crippen LogP contribution < -0.4 is 0 Å². The predicted octanol–water partition coefficient (Wildman–Crippen LogP) is 2.74. The van der Waals surface area contributed by atoms with Gasteiger partial charge >= 0.3 is 0 Å². The normalized spacial score (nSPS) is 23.0. The first-order valence-corrected chi connectivity index (χ1v) is 9.10. The lowest BCUT2D eigenvalue weighted by atomic mass is 9.92. The predicted molar refractivity (Wildman–Crippen MR) is 98.7 cm³/mol. The third-order valence-electron chi connectivity index (χ3n) is 4.68. The van der Waals surface area contributed by atoms with E-state index in [-0.39, 0.29) is 24.8 Å². The Morgan fingerprint density at radius 2 is 2.07 bits per heavy atom. The van der Waals surface area contributed by atoms with Crippen LogP contribution in [0.5, 0.6) is 0 Å². The number of amides is 1. The standard InChI is InChI=1S/C18H18F2N5OP/c1-11-6-15(25-17(23-11)21-10-22-25)13-7-18(20,27)9-24(8-13)16(26)12-2-4-14(19)5-3-12/h2-6,10,13H,7-9,27H2,1H3. The Kier molecular flexibility index (Phi) is 4.38. The van der Waals surface area contributed by atoms with Crippen LogP contribution in [0.3, 0.4) is 0 Å². The van der Waals surface area contributed by atoms with Gasteiger partial charge in [0.15, 0.2) is 0 Å². The molecule has 140 valence electrons. The number of piperidine rings is 1. The van der Waals surface area contributed by atoms with Crippen LogP contribution in [0.15, 0.2) is 36.7 Å². The highest BCUT2D eigenvalue weighted by atomic mass is 31.0. The second-order valence-corrected chi connectivity index (χ2v) is 7.96. The molecule has 0 saturated carbocycles. The quantitative estimate of drug-likeness (QED) is 0.633. The second-order valence-electron chi connectivity index (χ2n) is 6.92. The molecule has 1 aromatic carbocycles. The van der Waals surface area contributed by atoms with Gasteiger partial charge in [0.25, 0.3) is 11.7 Å². The number of rotatable bonds is 2. The maximum Gasteiger partial charge on any atom is 0.253 e. The Hall–Kier alpha value is -2.47. The smallest absolute Gasteiger partial charge is 0.253 e. The highest BCUT2D eigenvalue weighted by Crippen LogP contribution is 2.39. The fraction of sp³-hybridized carbons (Fsp3) is 0.333. The van der Waals surface area contributed by atoms with Crippen LogP contribution in [0.4, 0.5) is 8.78 Å². The van der Waals surface area contributed by atoms with Crippen molar-refractivity contribution in [1.82, 2.24) is 24.5 Å². The minimum Gasteiger partial charge on any atom is -0.334 e. The van der Waals surface area contributed by atoms with Gasteiger partial charge in [0.2, 0.25) is 0 Å². The first-order valence-electron chi connectivity index (χ1n) is 8.52. The van der Waals surface area contributed by atoms with Crippen LogP contribution >= 0.6 is 9.24 Å². The summed E-state index contributed by atoms with van der Waals surface area (Å²) in [6.45, 7) is 2.12. The van der Waals surface area contributed by atoms with E-state index in [9.17, 15) is 9.18 Å². The second kappa shape index (κ2) is 6.60. The van der Waals surface area contributed by atoms with Gasteiger partial charge in [-0.3, -0.25) is 4.79 Å². The maximum atomic E-state index is 15.1. The zero-order valence-corrected chi connectivity index (χ0v) is 15.8. The number of aryl methyl sites for hydroxylation is 1. The molecule has 1 aliphatic heterocycles. The molecule has 1 aliphatic rings. The van der Waals surface area contributed by atoms with Gasteiger partial charge < -0.3 is 4.90 Å². The number of benzene rings is 1. The lowest BCUT2D eigenvalue weighted by Crippen LogP contribution is -2.48. The van der Waals surface area contributed by atoms with E-state index < -0.39 is 11.2 Å². The van der Waals surface area contributed by atoms with E-state index in [4.69, 9.17) is 0 Å². The molecular weight excluding hydrogens is 371 g/mol. The fourth-order valence-electron chi connectivity index (χ4n) is 3.56. The van der Waals surface area contributed by atoms with Crippen LogP contribution in [0.1, 0.15) is 34.1 Å². The molecule has 2 aromatic heterocycles. The van der Waals surface area contributed by atoms with Crippen LogP contribution in [0, 0.1) is 12.7 Å². The molecule has 3 aromatic rings. The van der Waals surface area contributed by atoms with Crippen molar-refractivity contribution in [2.75, 3.05) is 13.1 Å². The summed E-state index contributed by atoms with van der Waals surface area (Å²) in [5.74, 6) is -0.587. The molecule has 9 heteroatoms. The summed E-state index contributed by atoms with van der Waals surface area (Å²) in [4.78, 5) is 22.7. The largest absolute Gasteiger partial charge is 0.334 e. The number of nitrogens with zero attached hydrogens (tertiary/aromatic N) is 5. The maximum absolute atomic E-state index is 15.1. The molecule has 0 spiro atoms. The fourth-order valence-corrected chi connectivity index (χ4v) is 4.07. The molecule has 6 nitrogen and oxygen atoms in total. The summed E-state index contributed by atoms with van der Waals surface area (Å²) in [5.41, 5.74) is 1.84. The van der Waals surface area contributed by atoms with Gasteiger partial charge in [-0.1, -0.05) is 9.24 Å². The SMILES string of the molecule is Cc1cc(C2CN(C(=O)c3ccc(F)cc3)CC(F)(P)C2)n2ncnc2n1. The van der Waals surface area contributed by atoms with Gasteiger partial charge in [-0.05, 0) is 43.7 Å². The van der Waals surface area contributed by atoms with Gasteiger partial charge in [0, 0.05) is 23.7 Å². The van der Waals surface area contributed by atoms with Crippen molar-refractivity contribution in [3.63, 3.8) is 0 Å². The molecule has 27 heavy (non-hydrogen) atoms. The lowest BCUT2D eigenvalue weighted by molar-refractivity contribution is 0.0543. The minimum absolute atomic E-state index is 0.0467. The zero-order valence-electron chi connectivity index (χ0n) is 14.6. The molecule has 3 atom stereocenters. The molecule has 1 fully saturated rings. The van der Waals surface area contributed by atoms with Gasteiger partial charge in [-0.2, -0.15) is 10.1 Å². The number of fused-ring (bicyclic) bond motifs is 1. The summed E-state index contributed by atoms with van der Waals surface area (Å²) in [6, 6.07) is 7.12. The molecule has 3 heterocycles. The molecule has 1 amide bonds. The molecule has 0 N–H and O–H groups in total. The van der Waals surface area contributed by atoms with E-state index >= 15 is 4.39 Å². The minimum atomic E-state index is -1.64. The third kappa shape index (κ3) is 3.54. The van der Waals surface area contributed by atoms with Gasteiger partial charge in [0.1, 0.15) is 17.6 Å². The third-order valence-corrected chi connectivity index (χ3v) is 5.10. The van der Waals surface area contributed by atoms with Crippen LogP contribution in [0.2, 0.25) is 0 Å². The highest BCUT2D eigenvalue weighted by Gasteiger charge is 2.40. The summed E-state index contributed by atoms with van der Waals surface area (Å²) in [5, 5.41) is 2.55. The van der Waals surface area contributed by atoms with E-state index in [1.165, 1.54) is 35.5 Å². The van der Waals surface area contributed by atoms with Gasteiger partial charge in [-0.25, -0.2) is 18.3 Å². The Labute approximate surface area is 156 Å². The number of hydrogen-bond donors (Lipinski definition) is 0. The Morgan fingerprint density at radius 1 is 1.33 bits per heavy atom. The topological polar surface area (TPSA) is 63.4 Å². The number of alkyl halides is 1. The number of carbonyl (C=O) groups is 1.